The predicted molar refractivity (Wildman–Crippen MR) is 86.1 cm³/mol. The summed E-state index contributed by atoms with van der Waals surface area (Å²) < 4.78 is 0. The van der Waals surface area contributed by atoms with Gasteiger partial charge in [0.2, 0.25) is 0 Å². The third-order valence-electron chi connectivity index (χ3n) is 4.02. The van der Waals surface area contributed by atoms with Crippen LogP contribution in [0.15, 0.2) is 12.4 Å². The van der Waals surface area contributed by atoms with E-state index in [0.717, 1.165) is 18.5 Å². The summed E-state index contributed by atoms with van der Waals surface area (Å²) in [7, 11) is 0. The smallest absolute Gasteiger partial charge is 0.275 e. The summed E-state index contributed by atoms with van der Waals surface area (Å²) in [6, 6.07) is 1.80. The summed E-state index contributed by atoms with van der Waals surface area (Å²) in [5.74, 6) is 0.150. The van der Waals surface area contributed by atoms with Gasteiger partial charge in [0.1, 0.15) is 23.7 Å². The molecule has 23 heavy (non-hydrogen) atoms. The Labute approximate surface area is 132 Å². The maximum atomic E-state index is 12.2. The molecule has 0 aliphatic heterocycles. The second-order valence-corrected chi connectivity index (χ2v) is 5.54. The van der Waals surface area contributed by atoms with Crippen LogP contribution in [0.2, 0.25) is 0 Å². The lowest BCUT2D eigenvalue weighted by atomic mass is 10.0. The quantitative estimate of drug-likeness (QED) is 0.530. The molecule has 1 fully saturated rings. The molecule has 1 amide bonds. The van der Waals surface area contributed by atoms with Crippen LogP contribution >= 0.6 is 0 Å². The number of hydrogen-bond donors (Lipinski definition) is 5. The average Bonchev–Trinajstić information content (AvgIpc) is 3.17. The third kappa shape index (κ3) is 2.98. The van der Waals surface area contributed by atoms with E-state index in [1.165, 1.54) is 19.2 Å². The van der Waals surface area contributed by atoms with E-state index in [-0.39, 0.29) is 17.2 Å². The Hall–Kier alpha value is -2.97. The zero-order chi connectivity index (χ0) is 16.4. The lowest BCUT2D eigenvalue weighted by Gasteiger charge is -2.08. The fraction of sp³-hybridized carbons (Fsp3) is 0.357. The minimum Gasteiger partial charge on any atom is -0.383 e. The topological polar surface area (TPSA) is 159 Å². The summed E-state index contributed by atoms with van der Waals surface area (Å²) in [6.07, 6.45) is 5.85. The van der Waals surface area contributed by atoms with Crippen LogP contribution in [-0.4, -0.2) is 31.8 Å². The lowest BCUT2D eigenvalue weighted by Crippen LogP contribution is -2.25. The number of rotatable bonds is 4. The molecule has 0 radical (unpaired) electrons. The molecule has 0 spiro atoms. The van der Waals surface area contributed by atoms with Gasteiger partial charge >= 0.3 is 0 Å². The molecule has 0 atom stereocenters. The summed E-state index contributed by atoms with van der Waals surface area (Å²) in [6.45, 7) is 0. The highest BCUT2D eigenvalue weighted by Crippen LogP contribution is 2.33. The number of H-pyrrole nitrogens is 1. The van der Waals surface area contributed by atoms with E-state index < -0.39 is 11.6 Å². The van der Waals surface area contributed by atoms with E-state index >= 15 is 0 Å². The van der Waals surface area contributed by atoms with Gasteiger partial charge in [0.25, 0.3) is 5.91 Å². The van der Waals surface area contributed by atoms with Crippen molar-refractivity contribution >= 4 is 29.1 Å². The third-order valence-corrected chi connectivity index (χ3v) is 4.02. The zero-order valence-corrected chi connectivity index (χ0v) is 12.5. The van der Waals surface area contributed by atoms with Gasteiger partial charge in [0.05, 0.1) is 5.56 Å². The van der Waals surface area contributed by atoms with E-state index in [1.807, 2.05) is 0 Å². The van der Waals surface area contributed by atoms with Crippen LogP contribution in [0.1, 0.15) is 42.9 Å². The number of amides is 1. The molecule has 9 nitrogen and oxygen atoms in total. The largest absolute Gasteiger partial charge is 0.383 e. The van der Waals surface area contributed by atoms with Crippen LogP contribution in [-0.2, 0) is 4.79 Å². The van der Waals surface area contributed by atoms with Crippen LogP contribution in [0.3, 0.4) is 0 Å². The van der Waals surface area contributed by atoms with Gasteiger partial charge in [-0.2, -0.15) is 5.10 Å². The molecule has 9 heteroatoms. The Kier molecular flexibility index (Phi) is 3.92. The Morgan fingerprint density at radius 1 is 1.26 bits per heavy atom. The Morgan fingerprint density at radius 2 is 1.91 bits per heavy atom. The first-order chi connectivity index (χ1) is 11.1. The summed E-state index contributed by atoms with van der Waals surface area (Å²) in [4.78, 5) is 19.7. The molecule has 3 rings (SSSR count). The van der Waals surface area contributed by atoms with Crippen molar-refractivity contribution in [3.63, 3.8) is 0 Å². The number of nitrogens with one attached hydrogen (secondary N) is 3. The fourth-order valence-corrected chi connectivity index (χ4v) is 2.81. The van der Waals surface area contributed by atoms with Crippen molar-refractivity contribution < 1.29 is 4.79 Å². The number of nitrogens with zero attached hydrogens (tertiary/aromatic N) is 3. The number of nitrogens with two attached hydrogens (primary N) is 2. The minimum absolute atomic E-state index is 0.00803. The second kappa shape index (κ2) is 6.03. The van der Waals surface area contributed by atoms with Crippen molar-refractivity contribution in [1.29, 1.82) is 5.41 Å². The normalized spacial score (nSPS) is 14.8. The first kappa shape index (κ1) is 14.9. The van der Waals surface area contributed by atoms with E-state index in [9.17, 15) is 4.79 Å². The van der Waals surface area contributed by atoms with Crippen molar-refractivity contribution in [2.75, 3.05) is 16.8 Å². The number of carbonyl (C=O) groups is 1. The van der Waals surface area contributed by atoms with Gasteiger partial charge in [-0.3, -0.25) is 15.3 Å². The monoisotopic (exact) mass is 314 g/mol. The molecule has 2 aromatic heterocycles. The molecule has 2 heterocycles. The number of nitrogen functional groups attached to an aromatic ring is 2. The molecular formula is C14H18N8O. The van der Waals surface area contributed by atoms with E-state index in [4.69, 9.17) is 16.9 Å². The Morgan fingerprint density at radius 3 is 2.57 bits per heavy atom. The van der Waals surface area contributed by atoms with Crippen molar-refractivity contribution in [1.82, 2.24) is 20.2 Å². The molecule has 1 aliphatic carbocycles. The first-order valence-electron chi connectivity index (χ1n) is 7.37. The SMILES string of the molecule is N=C(C(=O)Nc1cc(C2CCCC2)[nH]n1)c1c(N)ncnc1N. The molecule has 7 N–H and O–H groups in total. The van der Waals surface area contributed by atoms with Gasteiger partial charge in [0.15, 0.2) is 5.82 Å². The van der Waals surface area contributed by atoms with Gasteiger partial charge in [-0.1, -0.05) is 12.8 Å². The number of aromatic amines is 1. The summed E-state index contributed by atoms with van der Waals surface area (Å²) >= 11 is 0. The molecule has 0 unspecified atom stereocenters. The fourth-order valence-electron chi connectivity index (χ4n) is 2.81. The number of hydrogen-bond acceptors (Lipinski definition) is 7. The van der Waals surface area contributed by atoms with Crippen LogP contribution in [0, 0.1) is 5.41 Å². The van der Waals surface area contributed by atoms with Crippen molar-refractivity contribution in [3.8, 4) is 0 Å². The van der Waals surface area contributed by atoms with Crippen molar-refractivity contribution in [2.24, 2.45) is 0 Å². The molecular weight excluding hydrogens is 296 g/mol. The van der Waals surface area contributed by atoms with E-state index in [1.54, 1.807) is 6.07 Å². The van der Waals surface area contributed by atoms with Crippen LogP contribution in [0.25, 0.3) is 0 Å². The average molecular weight is 314 g/mol. The molecule has 2 aromatic rings. The Balaban J connectivity index is 1.73. The highest BCUT2D eigenvalue weighted by atomic mass is 16.1. The molecule has 0 aromatic carbocycles. The minimum atomic E-state index is -0.664. The predicted octanol–water partition coefficient (Wildman–Crippen LogP) is 1.03. The van der Waals surface area contributed by atoms with Crippen LogP contribution < -0.4 is 16.8 Å². The van der Waals surface area contributed by atoms with E-state index in [2.05, 4.69) is 25.5 Å². The number of aromatic nitrogens is 4. The molecule has 120 valence electrons. The Bertz CT molecular complexity index is 727. The molecule has 0 saturated heterocycles. The maximum Gasteiger partial charge on any atom is 0.275 e. The van der Waals surface area contributed by atoms with Crippen LogP contribution in [0.5, 0.6) is 0 Å². The standard InChI is InChI=1S/C14H18N8O/c15-11(10-12(16)18-6-19-13(10)17)14(23)20-9-5-8(21-22-9)7-3-1-2-4-7/h5-7,15H,1-4H2,(H4,16,17,18,19)(H2,20,21,22,23). The van der Waals surface area contributed by atoms with Crippen molar-refractivity contribution in [3.05, 3.63) is 23.7 Å². The van der Waals surface area contributed by atoms with Gasteiger partial charge < -0.3 is 16.8 Å². The van der Waals surface area contributed by atoms with Gasteiger partial charge in [-0.15, -0.1) is 0 Å². The summed E-state index contributed by atoms with van der Waals surface area (Å²) in [5.41, 5.74) is 12.0. The molecule has 0 bridgehead atoms. The van der Waals surface area contributed by atoms with Gasteiger partial charge in [-0.25, -0.2) is 9.97 Å². The maximum absolute atomic E-state index is 12.2. The first-order valence-corrected chi connectivity index (χ1v) is 7.37. The number of anilines is 3. The number of carbonyl (C=O) groups excluding carboxylic acids is 1. The highest BCUT2D eigenvalue weighted by Gasteiger charge is 2.22. The van der Waals surface area contributed by atoms with Gasteiger partial charge in [-0.05, 0) is 12.8 Å². The zero-order valence-electron chi connectivity index (χ0n) is 12.5. The lowest BCUT2D eigenvalue weighted by molar-refractivity contribution is -0.110. The van der Waals surface area contributed by atoms with E-state index in [0.29, 0.717) is 11.7 Å². The second-order valence-electron chi connectivity index (χ2n) is 5.54. The van der Waals surface area contributed by atoms with Crippen molar-refractivity contribution in [2.45, 2.75) is 31.6 Å². The summed E-state index contributed by atoms with van der Waals surface area (Å²) in [5, 5.41) is 17.5. The van der Waals surface area contributed by atoms with Gasteiger partial charge in [0, 0.05) is 17.7 Å². The molecule has 1 aliphatic rings. The van der Waals surface area contributed by atoms with Crippen LogP contribution in [0.4, 0.5) is 17.5 Å². The molecule has 1 saturated carbocycles. The highest BCUT2D eigenvalue weighted by molar-refractivity contribution is 6.49.